The summed E-state index contributed by atoms with van der Waals surface area (Å²) >= 11 is 1.32. The SMILES string of the molecule is CCCCN(C(=O)C(C)NC(=O)c1cccs1)C1CCS(=O)(=O)C1. The monoisotopic (exact) mass is 372 g/mol. The van der Waals surface area contributed by atoms with Crippen molar-refractivity contribution in [2.24, 2.45) is 0 Å². The Bertz CT molecular complexity index is 670. The van der Waals surface area contributed by atoms with Gasteiger partial charge in [-0.1, -0.05) is 19.4 Å². The standard InChI is InChI=1S/C16H24N2O4S2/c1-3-4-8-18(13-7-10-24(21,22)11-13)16(20)12(2)17-15(19)14-6-5-9-23-14/h5-6,9,12-13H,3-4,7-8,10-11H2,1-2H3,(H,17,19). The van der Waals surface area contributed by atoms with E-state index in [9.17, 15) is 18.0 Å². The van der Waals surface area contributed by atoms with Gasteiger partial charge in [-0.15, -0.1) is 11.3 Å². The van der Waals surface area contributed by atoms with Gasteiger partial charge >= 0.3 is 0 Å². The Balaban J connectivity index is 2.04. The van der Waals surface area contributed by atoms with Crippen molar-refractivity contribution in [3.8, 4) is 0 Å². The number of sulfone groups is 1. The topological polar surface area (TPSA) is 83.6 Å². The maximum atomic E-state index is 12.8. The summed E-state index contributed by atoms with van der Waals surface area (Å²) in [6, 6.07) is 2.52. The molecule has 8 heteroatoms. The lowest BCUT2D eigenvalue weighted by Gasteiger charge is -2.31. The molecule has 0 radical (unpaired) electrons. The minimum Gasteiger partial charge on any atom is -0.340 e. The van der Waals surface area contributed by atoms with Gasteiger partial charge in [0.05, 0.1) is 16.4 Å². The number of amides is 2. The lowest BCUT2D eigenvalue weighted by molar-refractivity contribution is -0.134. The minimum atomic E-state index is -3.06. The van der Waals surface area contributed by atoms with Gasteiger partial charge in [-0.2, -0.15) is 0 Å². The van der Waals surface area contributed by atoms with Crippen LogP contribution in [0.5, 0.6) is 0 Å². The Kier molecular flexibility index (Phi) is 6.40. The zero-order chi connectivity index (χ0) is 17.7. The second-order valence-electron chi connectivity index (χ2n) is 6.11. The van der Waals surface area contributed by atoms with E-state index in [2.05, 4.69) is 5.32 Å². The molecule has 0 aromatic carbocycles. The largest absolute Gasteiger partial charge is 0.340 e. The highest BCUT2D eigenvalue weighted by atomic mass is 32.2. The molecule has 0 bridgehead atoms. The normalized spacial score (nSPS) is 20.5. The molecular formula is C16H24N2O4S2. The number of carbonyl (C=O) groups excluding carboxylic acids is 2. The molecule has 2 rings (SSSR count). The van der Waals surface area contributed by atoms with Gasteiger partial charge < -0.3 is 10.2 Å². The first-order valence-electron chi connectivity index (χ1n) is 8.19. The Hall–Kier alpha value is -1.41. The number of rotatable bonds is 7. The van der Waals surface area contributed by atoms with Crippen molar-refractivity contribution in [1.82, 2.24) is 10.2 Å². The lowest BCUT2D eigenvalue weighted by Crippen LogP contribution is -2.51. The van der Waals surface area contributed by atoms with Gasteiger partial charge in [0, 0.05) is 12.6 Å². The van der Waals surface area contributed by atoms with E-state index in [-0.39, 0.29) is 29.4 Å². The smallest absolute Gasteiger partial charge is 0.261 e. The van der Waals surface area contributed by atoms with Crippen molar-refractivity contribution in [3.63, 3.8) is 0 Å². The number of carbonyl (C=O) groups is 2. The van der Waals surface area contributed by atoms with Crippen LogP contribution in [0, 0.1) is 0 Å². The number of thiophene rings is 1. The molecule has 1 saturated heterocycles. The summed E-state index contributed by atoms with van der Waals surface area (Å²) in [5.74, 6) is -0.340. The first kappa shape index (κ1) is 18.9. The van der Waals surface area contributed by atoms with E-state index in [1.165, 1.54) is 11.3 Å². The van der Waals surface area contributed by atoms with Crippen LogP contribution < -0.4 is 5.32 Å². The predicted octanol–water partition coefficient (Wildman–Crippen LogP) is 1.68. The molecule has 1 aliphatic heterocycles. The highest BCUT2D eigenvalue weighted by Gasteiger charge is 2.36. The van der Waals surface area contributed by atoms with Crippen molar-refractivity contribution >= 4 is 33.0 Å². The van der Waals surface area contributed by atoms with Crippen LogP contribution in [0.15, 0.2) is 17.5 Å². The zero-order valence-corrected chi connectivity index (χ0v) is 15.7. The molecule has 0 saturated carbocycles. The van der Waals surface area contributed by atoms with E-state index in [4.69, 9.17) is 0 Å². The average molecular weight is 373 g/mol. The van der Waals surface area contributed by atoms with Gasteiger partial charge in [-0.25, -0.2) is 8.42 Å². The van der Waals surface area contributed by atoms with Gasteiger partial charge in [-0.3, -0.25) is 9.59 Å². The molecule has 2 unspecified atom stereocenters. The van der Waals surface area contributed by atoms with Crippen molar-refractivity contribution in [3.05, 3.63) is 22.4 Å². The maximum absolute atomic E-state index is 12.8. The molecule has 24 heavy (non-hydrogen) atoms. The Morgan fingerprint density at radius 3 is 2.75 bits per heavy atom. The lowest BCUT2D eigenvalue weighted by atomic mass is 10.1. The van der Waals surface area contributed by atoms with Crippen LogP contribution in [0.1, 0.15) is 42.8 Å². The molecule has 1 aromatic heterocycles. The molecule has 2 atom stereocenters. The molecule has 134 valence electrons. The molecule has 0 aliphatic carbocycles. The minimum absolute atomic E-state index is 0.0219. The first-order chi connectivity index (χ1) is 11.3. The summed E-state index contributed by atoms with van der Waals surface area (Å²) in [6.07, 6.45) is 2.20. The molecule has 2 heterocycles. The van der Waals surface area contributed by atoms with E-state index in [0.29, 0.717) is 17.8 Å². The third-order valence-corrected chi connectivity index (χ3v) is 6.77. The summed E-state index contributed by atoms with van der Waals surface area (Å²) in [5, 5.41) is 4.52. The molecule has 1 aliphatic rings. The number of hydrogen-bond donors (Lipinski definition) is 1. The van der Waals surface area contributed by atoms with E-state index in [1.807, 2.05) is 6.92 Å². The second kappa shape index (κ2) is 8.11. The third-order valence-electron chi connectivity index (χ3n) is 4.15. The van der Waals surface area contributed by atoms with Gasteiger partial charge in [0.15, 0.2) is 9.84 Å². The summed E-state index contributed by atoms with van der Waals surface area (Å²) in [4.78, 5) is 27.1. The van der Waals surface area contributed by atoms with Crippen molar-refractivity contribution < 1.29 is 18.0 Å². The molecular weight excluding hydrogens is 348 g/mol. The highest BCUT2D eigenvalue weighted by molar-refractivity contribution is 7.91. The number of unbranched alkanes of at least 4 members (excludes halogenated alkanes) is 1. The van der Waals surface area contributed by atoms with Crippen LogP contribution in [0.4, 0.5) is 0 Å². The van der Waals surface area contributed by atoms with Crippen LogP contribution >= 0.6 is 11.3 Å². The van der Waals surface area contributed by atoms with Gasteiger partial charge in [0.1, 0.15) is 6.04 Å². The van der Waals surface area contributed by atoms with Gasteiger partial charge in [0.2, 0.25) is 5.91 Å². The summed E-state index contributed by atoms with van der Waals surface area (Å²) in [6.45, 7) is 4.20. The Morgan fingerprint density at radius 2 is 2.21 bits per heavy atom. The fraction of sp³-hybridized carbons (Fsp3) is 0.625. The number of hydrogen-bond acceptors (Lipinski definition) is 5. The average Bonchev–Trinajstić information content (AvgIpc) is 3.17. The first-order valence-corrected chi connectivity index (χ1v) is 10.9. The molecule has 6 nitrogen and oxygen atoms in total. The van der Waals surface area contributed by atoms with Crippen molar-refractivity contribution in [2.45, 2.75) is 45.2 Å². The van der Waals surface area contributed by atoms with Crippen LogP contribution in [0.3, 0.4) is 0 Å². The zero-order valence-electron chi connectivity index (χ0n) is 14.0. The fourth-order valence-corrected chi connectivity index (χ4v) is 5.17. The summed E-state index contributed by atoms with van der Waals surface area (Å²) in [5.41, 5.74) is 0. The van der Waals surface area contributed by atoms with E-state index in [1.54, 1.807) is 29.3 Å². The molecule has 0 spiro atoms. The number of nitrogens with zero attached hydrogens (tertiary/aromatic N) is 1. The van der Waals surface area contributed by atoms with Crippen LogP contribution in [0.2, 0.25) is 0 Å². The Labute approximate surface area is 147 Å². The van der Waals surface area contributed by atoms with Crippen LogP contribution in [-0.4, -0.2) is 55.3 Å². The molecule has 1 N–H and O–H groups in total. The fourth-order valence-electron chi connectivity index (χ4n) is 2.81. The Morgan fingerprint density at radius 1 is 1.46 bits per heavy atom. The third kappa shape index (κ3) is 4.80. The van der Waals surface area contributed by atoms with Crippen LogP contribution in [-0.2, 0) is 14.6 Å². The molecule has 2 amide bonds. The van der Waals surface area contributed by atoms with Crippen molar-refractivity contribution in [1.29, 1.82) is 0 Å². The number of nitrogens with one attached hydrogen (secondary N) is 1. The predicted molar refractivity (Wildman–Crippen MR) is 94.9 cm³/mol. The van der Waals surface area contributed by atoms with E-state index < -0.39 is 15.9 Å². The molecule has 1 aromatic rings. The second-order valence-corrected chi connectivity index (χ2v) is 9.29. The highest BCUT2D eigenvalue weighted by Crippen LogP contribution is 2.19. The molecule has 1 fully saturated rings. The van der Waals surface area contributed by atoms with Crippen LogP contribution in [0.25, 0.3) is 0 Å². The summed E-state index contributed by atoms with van der Waals surface area (Å²) in [7, 11) is -3.06. The van der Waals surface area contributed by atoms with Gasteiger partial charge in [-0.05, 0) is 31.2 Å². The van der Waals surface area contributed by atoms with E-state index >= 15 is 0 Å². The summed E-state index contributed by atoms with van der Waals surface area (Å²) < 4.78 is 23.5. The van der Waals surface area contributed by atoms with Crippen molar-refractivity contribution in [2.75, 3.05) is 18.1 Å². The quantitative estimate of drug-likeness (QED) is 0.789. The van der Waals surface area contributed by atoms with E-state index in [0.717, 1.165) is 12.8 Å². The maximum Gasteiger partial charge on any atom is 0.261 e. The van der Waals surface area contributed by atoms with Gasteiger partial charge in [0.25, 0.3) is 5.91 Å².